The van der Waals surface area contributed by atoms with Crippen LogP contribution < -0.4 is 5.32 Å². The zero-order chi connectivity index (χ0) is 24.9. The third-order valence-corrected chi connectivity index (χ3v) is 6.22. The minimum atomic E-state index is -0.436. The van der Waals surface area contributed by atoms with E-state index in [2.05, 4.69) is 34.1 Å². The molecular formula is C29H38FN5. The first-order chi connectivity index (χ1) is 17.2. The molecule has 5 nitrogen and oxygen atoms in total. The molecular weight excluding hydrogens is 437 g/mol. The number of nitrogens with one attached hydrogen (secondary N) is 2. The highest BCUT2D eigenvalue weighted by Crippen LogP contribution is 2.30. The Labute approximate surface area is 209 Å². The van der Waals surface area contributed by atoms with Crippen molar-refractivity contribution in [1.29, 1.82) is 0 Å². The molecule has 1 saturated carbocycles. The van der Waals surface area contributed by atoms with Crippen LogP contribution in [0.3, 0.4) is 0 Å². The fourth-order valence-corrected chi connectivity index (χ4v) is 3.98. The van der Waals surface area contributed by atoms with E-state index in [9.17, 15) is 4.39 Å². The van der Waals surface area contributed by atoms with Crippen molar-refractivity contribution in [3.8, 4) is 0 Å². The SMILES string of the molecule is CC/C=C(/N=C(Nc1ccncc1F)c1[nH]ccc1CC)c1ccccn1.CCCCC1CCC1. The molecule has 3 aromatic heterocycles. The second kappa shape index (κ2) is 14.2. The summed E-state index contributed by atoms with van der Waals surface area (Å²) < 4.78 is 14.2. The van der Waals surface area contributed by atoms with Crippen LogP contribution in [0.5, 0.6) is 0 Å². The van der Waals surface area contributed by atoms with Crippen molar-refractivity contribution in [2.24, 2.45) is 10.9 Å². The van der Waals surface area contributed by atoms with E-state index in [1.165, 1.54) is 44.7 Å². The molecule has 0 aromatic carbocycles. The second-order valence-electron chi connectivity index (χ2n) is 8.82. The van der Waals surface area contributed by atoms with Gasteiger partial charge in [0, 0.05) is 18.6 Å². The predicted molar refractivity (Wildman–Crippen MR) is 144 cm³/mol. The number of unbranched alkanes of at least 4 members (excludes halogenated alkanes) is 1. The molecule has 2 N–H and O–H groups in total. The fraction of sp³-hybridized carbons (Fsp3) is 0.414. The van der Waals surface area contributed by atoms with Gasteiger partial charge in [-0.15, -0.1) is 0 Å². The molecule has 3 heterocycles. The van der Waals surface area contributed by atoms with Gasteiger partial charge in [0.2, 0.25) is 0 Å². The van der Waals surface area contributed by atoms with Gasteiger partial charge < -0.3 is 10.3 Å². The standard InChI is InChI=1S/C21H22FN5.C8H16/c1-3-7-19(18-8-5-6-11-24-18)27-21(20-15(4-2)9-13-25-20)26-17-10-12-23-14-16(17)22;1-2-3-5-8-6-4-7-8/h5-14,25H,3-4H2,1-2H3,(H,23,26,27);8H,2-7H2,1H3/b19-7+;. The Balaban J connectivity index is 0.000000363. The number of hydrogen-bond donors (Lipinski definition) is 2. The summed E-state index contributed by atoms with van der Waals surface area (Å²) in [6, 6.07) is 9.28. The summed E-state index contributed by atoms with van der Waals surface area (Å²) in [5.41, 5.74) is 3.72. The maximum absolute atomic E-state index is 14.2. The van der Waals surface area contributed by atoms with Crippen molar-refractivity contribution in [3.63, 3.8) is 0 Å². The van der Waals surface area contributed by atoms with Gasteiger partial charge in [-0.05, 0) is 48.6 Å². The molecule has 0 saturated heterocycles. The first kappa shape index (κ1) is 26.3. The van der Waals surface area contributed by atoms with Gasteiger partial charge >= 0.3 is 0 Å². The first-order valence-corrected chi connectivity index (χ1v) is 12.9. The average Bonchev–Trinajstić information content (AvgIpc) is 3.33. The summed E-state index contributed by atoms with van der Waals surface area (Å²) in [6.45, 7) is 6.39. The summed E-state index contributed by atoms with van der Waals surface area (Å²) in [6.07, 6.45) is 18.9. The van der Waals surface area contributed by atoms with E-state index >= 15 is 0 Å². The van der Waals surface area contributed by atoms with Gasteiger partial charge in [0.25, 0.3) is 0 Å². The molecule has 3 aromatic rings. The monoisotopic (exact) mass is 475 g/mol. The van der Waals surface area contributed by atoms with Crippen LogP contribution in [0.2, 0.25) is 0 Å². The van der Waals surface area contributed by atoms with Crippen LogP contribution in [0.1, 0.15) is 82.7 Å². The molecule has 4 rings (SSSR count). The lowest BCUT2D eigenvalue weighted by Crippen LogP contribution is -2.17. The molecule has 0 spiro atoms. The van der Waals surface area contributed by atoms with E-state index in [0.29, 0.717) is 11.5 Å². The van der Waals surface area contributed by atoms with Crippen molar-refractivity contribution in [2.75, 3.05) is 5.32 Å². The minimum Gasteiger partial charge on any atom is -0.358 e. The summed E-state index contributed by atoms with van der Waals surface area (Å²) in [4.78, 5) is 16.2. The number of rotatable bonds is 9. The van der Waals surface area contributed by atoms with Gasteiger partial charge in [-0.1, -0.05) is 71.4 Å². The Morgan fingerprint density at radius 2 is 2.03 bits per heavy atom. The number of hydrogen-bond acceptors (Lipinski definition) is 3. The molecule has 186 valence electrons. The molecule has 0 unspecified atom stereocenters. The van der Waals surface area contributed by atoms with Gasteiger partial charge in [-0.25, -0.2) is 9.38 Å². The van der Waals surface area contributed by atoms with E-state index in [0.717, 1.165) is 41.4 Å². The summed E-state index contributed by atoms with van der Waals surface area (Å²) >= 11 is 0. The summed E-state index contributed by atoms with van der Waals surface area (Å²) in [5.74, 6) is 1.23. The van der Waals surface area contributed by atoms with E-state index in [4.69, 9.17) is 4.99 Å². The zero-order valence-corrected chi connectivity index (χ0v) is 21.2. The Morgan fingerprint density at radius 3 is 2.66 bits per heavy atom. The van der Waals surface area contributed by atoms with E-state index in [1.807, 2.05) is 43.5 Å². The molecule has 6 heteroatoms. The van der Waals surface area contributed by atoms with Crippen LogP contribution >= 0.6 is 0 Å². The van der Waals surface area contributed by atoms with E-state index < -0.39 is 5.82 Å². The summed E-state index contributed by atoms with van der Waals surface area (Å²) in [5, 5.41) is 3.12. The number of aliphatic imine (C=N–C) groups is 1. The zero-order valence-electron chi connectivity index (χ0n) is 21.2. The van der Waals surface area contributed by atoms with Crippen molar-refractivity contribution >= 4 is 17.2 Å². The van der Waals surface area contributed by atoms with Crippen LogP contribution in [0.15, 0.2) is 66.2 Å². The Morgan fingerprint density at radius 1 is 1.17 bits per heavy atom. The normalized spacial score (nSPS) is 14.2. The highest BCUT2D eigenvalue weighted by Gasteiger charge is 2.16. The number of H-pyrrole nitrogens is 1. The molecule has 0 bridgehead atoms. The van der Waals surface area contributed by atoms with E-state index in [-0.39, 0.29) is 0 Å². The molecule has 1 aliphatic carbocycles. The number of aryl methyl sites for hydroxylation is 1. The molecule has 0 aliphatic heterocycles. The predicted octanol–water partition coefficient (Wildman–Crippen LogP) is 7.79. The topological polar surface area (TPSA) is 66.0 Å². The fourth-order valence-electron chi connectivity index (χ4n) is 3.98. The Bertz CT molecular complexity index is 1080. The van der Waals surface area contributed by atoms with Crippen LogP contribution in [0.25, 0.3) is 5.70 Å². The quantitative estimate of drug-likeness (QED) is 0.245. The summed E-state index contributed by atoms with van der Waals surface area (Å²) in [7, 11) is 0. The molecule has 35 heavy (non-hydrogen) atoms. The average molecular weight is 476 g/mol. The Hall–Kier alpha value is -3.28. The maximum atomic E-state index is 14.2. The number of aromatic amines is 1. The van der Waals surface area contributed by atoms with Crippen molar-refractivity contribution in [1.82, 2.24) is 15.0 Å². The lowest BCUT2D eigenvalue weighted by atomic mass is 9.82. The first-order valence-electron chi connectivity index (χ1n) is 12.9. The van der Waals surface area contributed by atoms with Crippen LogP contribution in [-0.4, -0.2) is 20.8 Å². The number of allylic oxidation sites excluding steroid dienone is 1. The van der Waals surface area contributed by atoms with Gasteiger partial charge in [-0.3, -0.25) is 9.97 Å². The number of anilines is 1. The van der Waals surface area contributed by atoms with Crippen LogP contribution in [-0.2, 0) is 6.42 Å². The number of amidine groups is 1. The van der Waals surface area contributed by atoms with Crippen molar-refractivity contribution in [2.45, 2.75) is 72.1 Å². The lowest BCUT2D eigenvalue weighted by molar-refractivity contribution is 0.289. The maximum Gasteiger partial charge on any atom is 0.164 e. The molecule has 0 atom stereocenters. The number of aromatic nitrogens is 3. The van der Waals surface area contributed by atoms with Gasteiger partial charge in [0.15, 0.2) is 11.7 Å². The van der Waals surface area contributed by atoms with Crippen LogP contribution in [0, 0.1) is 11.7 Å². The third-order valence-electron chi connectivity index (χ3n) is 6.22. The third kappa shape index (κ3) is 7.88. The number of pyridine rings is 2. The van der Waals surface area contributed by atoms with Gasteiger partial charge in [0.1, 0.15) is 0 Å². The largest absolute Gasteiger partial charge is 0.358 e. The van der Waals surface area contributed by atoms with Crippen molar-refractivity contribution < 1.29 is 4.39 Å². The van der Waals surface area contributed by atoms with Gasteiger partial charge in [0.05, 0.1) is 29.0 Å². The second-order valence-corrected chi connectivity index (χ2v) is 8.82. The van der Waals surface area contributed by atoms with Crippen molar-refractivity contribution in [3.05, 3.63) is 84.0 Å². The number of nitrogens with zero attached hydrogens (tertiary/aromatic N) is 3. The lowest BCUT2D eigenvalue weighted by Gasteiger charge is -2.24. The number of halogens is 1. The van der Waals surface area contributed by atoms with Crippen LogP contribution in [0.4, 0.5) is 10.1 Å². The molecule has 1 fully saturated rings. The minimum absolute atomic E-state index is 0.317. The van der Waals surface area contributed by atoms with E-state index in [1.54, 1.807) is 18.5 Å². The highest BCUT2D eigenvalue weighted by molar-refractivity contribution is 6.10. The molecule has 0 amide bonds. The Kier molecular flexibility index (Phi) is 10.7. The smallest absolute Gasteiger partial charge is 0.164 e. The molecule has 1 aliphatic rings. The van der Waals surface area contributed by atoms with Gasteiger partial charge in [-0.2, -0.15) is 0 Å². The molecule has 0 radical (unpaired) electrons. The highest BCUT2D eigenvalue weighted by atomic mass is 19.1.